The molecule has 5 rings (SSSR count). The number of nitro groups is 1. The lowest BCUT2D eigenvalue weighted by Gasteiger charge is -2.55. The van der Waals surface area contributed by atoms with Gasteiger partial charge in [0.1, 0.15) is 23.4 Å². The molecular formula is C26H25N7O8S2. The van der Waals surface area contributed by atoms with Crippen LogP contribution < -0.4 is 5.32 Å². The summed E-state index contributed by atoms with van der Waals surface area (Å²) in [6.45, 7) is 1.88. The van der Waals surface area contributed by atoms with E-state index in [1.54, 1.807) is 30.3 Å². The molecule has 2 aliphatic rings. The van der Waals surface area contributed by atoms with E-state index in [2.05, 4.69) is 25.9 Å². The largest absolute Gasteiger partial charge is 0.460 e. The van der Waals surface area contributed by atoms with Crippen molar-refractivity contribution in [1.82, 2.24) is 30.8 Å². The van der Waals surface area contributed by atoms with Crippen molar-refractivity contribution < 1.29 is 33.6 Å². The number of ether oxygens (including phenoxy) is 2. The van der Waals surface area contributed by atoms with Gasteiger partial charge in [-0.2, -0.15) is 0 Å². The number of carbonyl (C=O) groups is 4. The Morgan fingerprint density at radius 2 is 2.02 bits per heavy atom. The number of benzene rings is 2. The molecule has 15 nitrogen and oxygen atoms in total. The van der Waals surface area contributed by atoms with Gasteiger partial charge in [0.15, 0.2) is 0 Å². The van der Waals surface area contributed by atoms with Crippen molar-refractivity contribution in [3.63, 3.8) is 0 Å². The van der Waals surface area contributed by atoms with Crippen molar-refractivity contribution >= 4 is 53.5 Å². The van der Waals surface area contributed by atoms with Crippen LogP contribution in [0.25, 0.3) is 0 Å². The van der Waals surface area contributed by atoms with Crippen LogP contribution >= 0.6 is 23.5 Å². The average Bonchev–Trinajstić information content (AvgIpc) is 3.54. The Kier molecular flexibility index (Phi) is 8.91. The molecule has 5 atom stereocenters. The fraction of sp³-hybridized carbons (Fsp3) is 0.346. The third kappa shape index (κ3) is 6.17. The van der Waals surface area contributed by atoms with Gasteiger partial charge in [-0.15, -0.1) is 16.9 Å². The number of carbonyl (C=O) groups excluding carboxylic acids is 4. The predicted molar refractivity (Wildman–Crippen MR) is 151 cm³/mol. The number of nitrogens with one attached hydrogen (secondary N) is 2. The van der Waals surface area contributed by atoms with E-state index in [0.717, 1.165) is 0 Å². The summed E-state index contributed by atoms with van der Waals surface area (Å²) in [4.78, 5) is 63.1. The monoisotopic (exact) mass is 627 g/mol. The fourth-order valence-electron chi connectivity index (χ4n) is 4.82. The normalized spacial score (nSPS) is 22.3. The first kappa shape index (κ1) is 30.0. The zero-order chi connectivity index (χ0) is 30.6. The van der Waals surface area contributed by atoms with Crippen LogP contribution in [-0.2, 0) is 35.3 Å². The molecule has 2 aromatic carbocycles. The molecule has 43 heavy (non-hydrogen) atoms. The molecule has 2 N–H and O–H groups in total. The SMILES string of the molecule is CC(Sc1nnn[nH]1)C1(C(=O)OCc2ccc([N+](=O)[O-])cc2)CS[C@@H]2C(NC(=O)C(OC=O)c3ccccc3)C(=O)N2C1. The van der Waals surface area contributed by atoms with Crippen molar-refractivity contribution in [2.24, 2.45) is 5.41 Å². The molecule has 0 aliphatic carbocycles. The molecule has 3 heterocycles. The van der Waals surface area contributed by atoms with Gasteiger partial charge < -0.3 is 19.7 Å². The topological polar surface area (TPSA) is 200 Å². The van der Waals surface area contributed by atoms with E-state index in [0.29, 0.717) is 16.3 Å². The zero-order valence-electron chi connectivity index (χ0n) is 22.5. The molecule has 1 aromatic heterocycles. The summed E-state index contributed by atoms with van der Waals surface area (Å²) in [6, 6.07) is 13.2. The number of rotatable bonds is 12. The minimum Gasteiger partial charge on any atom is -0.460 e. The summed E-state index contributed by atoms with van der Waals surface area (Å²) >= 11 is 2.54. The molecule has 2 amide bonds. The summed E-state index contributed by atoms with van der Waals surface area (Å²) in [6.07, 6.45) is -1.23. The smallest absolute Gasteiger partial charge is 0.316 e. The Hall–Kier alpha value is -4.51. The third-order valence-corrected chi connectivity index (χ3v) is 10.0. The van der Waals surface area contributed by atoms with Crippen molar-refractivity contribution in [3.05, 3.63) is 75.8 Å². The second-order valence-electron chi connectivity index (χ2n) is 9.80. The van der Waals surface area contributed by atoms with Gasteiger partial charge >= 0.3 is 5.97 Å². The highest BCUT2D eigenvalue weighted by atomic mass is 32.2. The van der Waals surface area contributed by atoms with Crippen molar-refractivity contribution in [1.29, 1.82) is 0 Å². The standard InChI is InChI=1S/C26H25N7O8S2/c1-15(43-25-28-30-31-29-25)26(24(37)40-11-16-7-9-18(10-8-16)33(38)39)12-32-22(36)19(23(32)42-13-26)27-21(35)20(41-14-34)17-5-3-2-4-6-17/h2-10,14-15,19-20,23H,11-13H2,1H3,(H,27,35)(H,28,29,30,31)/t15?,19?,20?,23-,26?/m1/s1. The summed E-state index contributed by atoms with van der Waals surface area (Å²) in [7, 11) is 0. The fourth-order valence-corrected chi connectivity index (χ4v) is 7.58. The summed E-state index contributed by atoms with van der Waals surface area (Å²) in [5, 5.41) is 26.8. The highest BCUT2D eigenvalue weighted by Crippen LogP contribution is 2.48. The van der Waals surface area contributed by atoms with E-state index in [9.17, 15) is 29.3 Å². The second kappa shape index (κ2) is 12.8. The predicted octanol–water partition coefficient (Wildman–Crippen LogP) is 1.63. The number of thioether (sulfide) groups is 2. The third-order valence-electron chi connectivity index (χ3n) is 7.25. The number of amides is 2. The van der Waals surface area contributed by atoms with Crippen LogP contribution in [0.5, 0.6) is 0 Å². The van der Waals surface area contributed by atoms with Gasteiger partial charge in [0.25, 0.3) is 18.1 Å². The van der Waals surface area contributed by atoms with Crippen LogP contribution in [0.2, 0.25) is 0 Å². The Labute approximate surface area is 252 Å². The first-order valence-electron chi connectivity index (χ1n) is 12.9. The number of hydrogen-bond acceptors (Lipinski definition) is 13. The second-order valence-corrected chi connectivity index (χ2v) is 12.2. The molecule has 2 aliphatic heterocycles. The Morgan fingerprint density at radius 1 is 1.28 bits per heavy atom. The van der Waals surface area contributed by atoms with E-state index in [1.807, 2.05) is 6.92 Å². The molecule has 17 heteroatoms. The molecule has 0 bridgehead atoms. The minimum absolute atomic E-state index is 0.0116. The highest BCUT2D eigenvalue weighted by Gasteiger charge is 2.60. The number of esters is 1. The van der Waals surface area contributed by atoms with Gasteiger partial charge in [-0.3, -0.25) is 29.3 Å². The number of H-pyrrole nitrogens is 1. The molecule has 0 saturated carbocycles. The van der Waals surface area contributed by atoms with Crippen LogP contribution in [0.4, 0.5) is 5.69 Å². The van der Waals surface area contributed by atoms with Crippen molar-refractivity contribution in [2.75, 3.05) is 12.3 Å². The van der Waals surface area contributed by atoms with Gasteiger partial charge in [0, 0.05) is 35.2 Å². The molecule has 2 saturated heterocycles. The van der Waals surface area contributed by atoms with E-state index >= 15 is 0 Å². The molecule has 224 valence electrons. The molecular weight excluding hydrogens is 602 g/mol. The highest BCUT2D eigenvalue weighted by molar-refractivity contribution is 8.01. The number of aromatic amines is 1. The lowest BCUT2D eigenvalue weighted by molar-refractivity contribution is -0.384. The molecule has 0 spiro atoms. The summed E-state index contributed by atoms with van der Waals surface area (Å²) in [5.74, 6) is -1.35. The maximum atomic E-state index is 13.7. The Morgan fingerprint density at radius 3 is 2.67 bits per heavy atom. The van der Waals surface area contributed by atoms with E-state index < -0.39 is 50.9 Å². The number of tetrazole rings is 1. The van der Waals surface area contributed by atoms with Crippen LogP contribution in [0.3, 0.4) is 0 Å². The first-order chi connectivity index (χ1) is 20.7. The number of aromatic nitrogens is 4. The van der Waals surface area contributed by atoms with Gasteiger partial charge in [-0.25, -0.2) is 5.10 Å². The summed E-state index contributed by atoms with van der Waals surface area (Å²) in [5.41, 5.74) is -0.257. The number of nitrogens with zero attached hydrogens (tertiary/aromatic N) is 5. The number of nitro benzene ring substituents is 1. The van der Waals surface area contributed by atoms with Gasteiger partial charge in [-0.05, 0) is 28.1 Å². The van der Waals surface area contributed by atoms with Crippen molar-refractivity contribution in [3.8, 4) is 0 Å². The number of non-ortho nitro benzene ring substituents is 1. The summed E-state index contributed by atoms with van der Waals surface area (Å²) < 4.78 is 10.7. The number of hydrogen-bond donors (Lipinski definition) is 2. The van der Waals surface area contributed by atoms with Crippen LogP contribution in [0.1, 0.15) is 24.2 Å². The van der Waals surface area contributed by atoms with Crippen molar-refractivity contribution in [2.45, 2.75) is 41.5 Å². The lowest BCUT2D eigenvalue weighted by atomic mass is 9.84. The maximum absolute atomic E-state index is 13.7. The van der Waals surface area contributed by atoms with E-state index in [4.69, 9.17) is 9.47 Å². The maximum Gasteiger partial charge on any atom is 0.316 e. The molecule has 2 fully saturated rings. The quantitative estimate of drug-likeness (QED) is 0.0734. The van der Waals surface area contributed by atoms with Crippen LogP contribution in [-0.4, -0.2) is 83.7 Å². The van der Waals surface area contributed by atoms with Gasteiger partial charge in [0.05, 0.1) is 4.92 Å². The van der Waals surface area contributed by atoms with Gasteiger partial charge in [0.2, 0.25) is 17.2 Å². The van der Waals surface area contributed by atoms with E-state index in [-0.39, 0.29) is 31.1 Å². The molecule has 3 aromatic rings. The zero-order valence-corrected chi connectivity index (χ0v) is 24.2. The molecule has 0 radical (unpaired) electrons. The van der Waals surface area contributed by atoms with E-state index in [1.165, 1.54) is 52.7 Å². The minimum atomic E-state index is -1.23. The number of β-lactam (4-membered cyclic amide) rings is 1. The number of fused-ring (bicyclic) bond motifs is 1. The first-order valence-corrected chi connectivity index (χ1v) is 14.8. The van der Waals surface area contributed by atoms with Crippen LogP contribution in [0.15, 0.2) is 59.8 Å². The lowest BCUT2D eigenvalue weighted by Crippen LogP contribution is -2.74. The molecule has 4 unspecified atom stereocenters. The Bertz CT molecular complexity index is 1490. The van der Waals surface area contributed by atoms with Gasteiger partial charge in [-0.1, -0.05) is 49.0 Å². The van der Waals surface area contributed by atoms with Crippen LogP contribution in [0, 0.1) is 15.5 Å². The average molecular weight is 628 g/mol. The Balaban J connectivity index is 1.30.